The summed E-state index contributed by atoms with van der Waals surface area (Å²) in [5.41, 5.74) is 7.59. The number of nitrogens with two attached hydrogens (primary N) is 1. The van der Waals surface area contributed by atoms with E-state index in [1.807, 2.05) is 18.2 Å². The predicted octanol–water partition coefficient (Wildman–Crippen LogP) is 2.56. The van der Waals surface area contributed by atoms with E-state index in [4.69, 9.17) is 27.4 Å². The van der Waals surface area contributed by atoms with Gasteiger partial charge in [0.1, 0.15) is 10.7 Å². The van der Waals surface area contributed by atoms with E-state index in [1.165, 1.54) is 0 Å². The average molecular weight is 294 g/mol. The van der Waals surface area contributed by atoms with E-state index in [0.717, 1.165) is 43.1 Å². The number of benzene rings is 1. The van der Waals surface area contributed by atoms with Gasteiger partial charge in [0.2, 0.25) is 0 Å². The van der Waals surface area contributed by atoms with Gasteiger partial charge in [-0.05, 0) is 37.8 Å². The summed E-state index contributed by atoms with van der Waals surface area (Å²) in [5, 5.41) is 3.53. The minimum Gasteiger partial charge on any atom is -0.497 e. The number of anilines is 1. The van der Waals surface area contributed by atoms with Crippen molar-refractivity contribution in [3.63, 3.8) is 0 Å². The van der Waals surface area contributed by atoms with Gasteiger partial charge in [0.15, 0.2) is 0 Å². The summed E-state index contributed by atoms with van der Waals surface area (Å²) in [6.07, 6.45) is 2.17. The van der Waals surface area contributed by atoms with Crippen molar-refractivity contribution in [2.75, 3.05) is 25.6 Å². The molecular formula is C15H22N2O2S. The van der Waals surface area contributed by atoms with Gasteiger partial charge in [0.05, 0.1) is 7.11 Å². The number of methoxy groups -OCH3 is 1. The molecule has 1 aliphatic heterocycles. The van der Waals surface area contributed by atoms with E-state index in [9.17, 15) is 0 Å². The third kappa shape index (κ3) is 3.61. The summed E-state index contributed by atoms with van der Waals surface area (Å²) in [4.78, 5) is 0.398. The van der Waals surface area contributed by atoms with Crippen LogP contribution in [0.25, 0.3) is 0 Å². The maximum absolute atomic E-state index is 5.79. The fraction of sp³-hybridized carbons (Fsp3) is 0.533. The molecule has 0 saturated carbocycles. The van der Waals surface area contributed by atoms with Gasteiger partial charge in [-0.1, -0.05) is 12.2 Å². The monoisotopic (exact) mass is 294 g/mol. The number of thiocarbonyl (C=S) groups is 1. The summed E-state index contributed by atoms with van der Waals surface area (Å²) in [6, 6.07) is 6.07. The van der Waals surface area contributed by atoms with Crippen LogP contribution in [0.1, 0.15) is 25.3 Å². The molecular weight excluding hydrogens is 272 g/mol. The molecule has 1 aromatic rings. The summed E-state index contributed by atoms with van der Waals surface area (Å²) >= 11 is 5.12. The Kier molecular flexibility index (Phi) is 5.20. The highest BCUT2D eigenvalue weighted by Gasteiger charge is 2.21. The molecule has 1 aromatic carbocycles. The minimum absolute atomic E-state index is 0.346. The molecule has 1 atom stereocenters. The summed E-state index contributed by atoms with van der Waals surface area (Å²) in [5.74, 6) is 1.40. The van der Waals surface area contributed by atoms with Gasteiger partial charge in [-0.25, -0.2) is 0 Å². The molecule has 5 heteroatoms. The summed E-state index contributed by atoms with van der Waals surface area (Å²) < 4.78 is 10.7. The first-order chi connectivity index (χ1) is 9.61. The molecule has 0 amide bonds. The Labute approximate surface area is 125 Å². The van der Waals surface area contributed by atoms with Crippen LogP contribution in [0.2, 0.25) is 0 Å². The highest BCUT2D eigenvalue weighted by atomic mass is 32.1. The molecule has 3 N–H and O–H groups in total. The predicted molar refractivity (Wildman–Crippen MR) is 85.5 cm³/mol. The molecule has 1 saturated heterocycles. The van der Waals surface area contributed by atoms with Crippen molar-refractivity contribution in [1.29, 1.82) is 0 Å². The van der Waals surface area contributed by atoms with Crippen LogP contribution in [0, 0.1) is 5.92 Å². The number of hydrogen-bond donors (Lipinski definition) is 2. The normalized spacial score (nSPS) is 17.5. The minimum atomic E-state index is 0.346. The lowest BCUT2D eigenvalue weighted by Gasteiger charge is -2.29. The standard InChI is InChI=1S/C15H22N2O2S/c1-10(11-5-7-19-8-6-11)17-14-9-12(18-2)3-4-13(14)15(16)20/h3-4,9-11,17H,5-8H2,1-2H3,(H2,16,20). The third-order valence-electron chi connectivity index (χ3n) is 3.85. The van der Waals surface area contributed by atoms with Crippen LogP contribution < -0.4 is 15.8 Å². The van der Waals surface area contributed by atoms with Crippen LogP contribution >= 0.6 is 12.2 Å². The molecule has 0 spiro atoms. The molecule has 1 aliphatic rings. The Morgan fingerprint density at radius 3 is 2.75 bits per heavy atom. The number of nitrogens with one attached hydrogen (secondary N) is 1. The number of rotatable bonds is 5. The fourth-order valence-corrected chi connectivity index (χ4v) is 2.74. The van der Waals surface area contributed by atoms with Crippen LogP contribution in [0.15, 0.2) is 18.2 Å². The number of ether oxygens (including phenoxy) is 2. The molecule has 1 unspecified atom stereocenters. The van der Waals surface area contributed by atoms with E-state index >= 15 is 0 Å². The van der Waals surface area contributed by atoms with Crippen LogP contribution in [0.3, 0.4) is 0 Å². The molecule has 4 nitrogen and oxygen atoms in total. The molecule has 0 bridgehead atoms. The first-order valence-electron chi connectivity index (χ1n) is 6.94. The molecule has 20 heavy (non-hydrogen) atoms. The first-order valence-corrected chi connectivity index (χ1v) is 7.34. The largest absolute Gasteiger partial charge is 0.497 e. The summed E-state index contributed by atoms with van der Waals surface area (Å²) in [6.45, 7) is 3.88. The molecule has 0 aromatic heterocycles. The molecule has 0 aliphatic carbocycles. The maximum Gasteiger partial charge on any atom is 0.120 e. The van der Waals surface area contributed by atoms with Crippen molar-refractivity contribution in [2.24, 2.45) is 11.7 Å². The zero-order chi connectivity index (χ0) is 14.5. The van der Waals surface area contributed by atoms with E-state index in [2.05, 4.69) is 12.2 Å². The first kappa shape index (κ1) is 15.1. The van der Waals surface area contributed by atoms with Crippen LogP contribution in [-0.4, -0.2) is 31.4 Å². The van der Waals surface area contributed by atoms with Crippen molar-refractivity contribution in [2.45, 2.75) is 25.8 Å². The Morgan fingerprint density at radius 2 is 2.15 bits per heavy atom. The lowest BCUT2D eigenvalue weighted by Crippen LogP contribution is -2.31. The van der Waals surface area contributed by atoms with Crippen LogP contribution in [-0.2, 0) is 4.74 Å². The van der Waals surface area contributed by atoms with Crippen molar-refractivity contribution >= 4 is 22.9 Å². The number of hydrogen-bond acceptors (Lipinski definition) is 4. The van der Waals surface area contributed by atoms with Gasteiger partial charge in [-0.2, -0.15) is 0 Å². The highest BCUT2D eigenvalue weighted by molar-refractivity contribution is 7.80. The van der Waals surface area contributed by atoms with Gasteiger partial charge in [0, 0.05) is 36.6 Å². The fourth-order valence-electron chi connectivity index (χ4n) is 2.56. The maximum atomic E-state index is 5.79. The average Bonchev–Trinajstić information content (AvgIpc) is 2.47. The van der Waals surface area contributed by atoms with Crippen molar-refractivity contribution < 1.29 is 9.47 Å². The lowest BCUT2D eigenvalue weighted by atomic mass is 9.92. The van der Waals surface area contributed by atoms with Crippen LogP contribution in [0.4, 0.5) is 5.69 Å². The second-order valence-electron chi connectivity index (χ2n) is 5.16. The quantitative estimate of drug-likeness (QED) is 0.817. The molecule has 2 rings (SSSR count). The highest BCUT2D eigenvalue weighted by Crippen LogP contribution is 2.27. The Balaban J connectivity index is 2.15. The van der Waals surface area contributed by atoms with Gasteiger partial charge >= 0.3 is 0 Å². The van der Waals surface area contributed by atoms with Gasteiger partial charge in [0.25, 0.3) is 0 Å². The molecule has 1 heterocycles. The van der Waals surface area contributed by atoms with E-state index in [-0.39, 0.29) is 0 Å². The van der Waals surface area contributed by atoms with Crippen molar-refractivity contribution in [1.82, 2.24) is 0 Å². The van der Waals surface area contributed by atoms with Crippen molar-refractivity contribution in [3.05, 3.63) is 23.8 Å². The van der Waals surface area contributed by atoms with Gasteiger partial charge in [-0.15, -0.1) is 0 Å². The summed E-state index contributed by atoms with van der Waals surface area (Å²) in [7, 11) is 1.65. The van der Waals surface area contributed by atoms with E-state index in [1.54, 1.807) is 7.11 Å². The second kappa shape index (κ2) is 6.90. The van der Waals surface area contributed by atoms with Gasteiger partial charge in [-0.3, -0.25) is 0 Å². The Morgan fingerprint density at radius 1 is 1.45 bits per heavy atom. The van der Waals surface area contributed by atoms with Gasteiger partial charge < -0.3 is 20.5 Å². The zero-order valence-electron chi connectivity index (χ0n) is 12.0. The zero-order valence-corrected chi connectivity index (χ0v) is 12.8. The topological polar surface area (TPSA) is 56.5 Å². The second-order valence-corrected chi connectivity index (χ2v) is 5.60. The van der Waals surface area contributed by atoms with Crippen LogP contribution in [0.5, 0.6) is 5.75 Å². The molecule has 0 radical (unpaired) electrons. The Hall–Kier alpha value is -1.33. The third-order valence-corrected chi connectivity index (χ3v) is 4.07. The molecule has 110 valence electrons. The SMILES string of the molecule is COc1ccc(C(N)=S)c(NC(C)C2CCOCC2)c1. The van der Waals surface area contributed by atoms with E-state index < -0.39 is 0 Å². The smallest absolute Gasteiger partial charge is 0.120 e. The lowest BCUT2D eigenvalue weighted by molar-refractivity contribution is 0.0622. The molecule has 1 fully saturated rings. The van der Waals surface area contributed by atoms with E-state index in [0.29, 0.717) is 16.9 Å². The van der Waals surface area contributed by atoms with Crippen molar-refractivity contribution in [3.8, 4) is 5.75 Å². The Bertz CT molecular complexity index is 473.